The van der Waals surface area contributed by atoms with Gasteiger partial charge in [-0.15, -0.1) is 0 Å². The minimum Gasteiger partial charge on any atom is -0.399 e. The van der Waals surface area contributed by atoms with Crippen molar-refractivity contribution in [2.45, 2.75) is 25.7 Å². The molecule has 0 saturated heterocycles. The van der Waals surface area contributed by atoms with E-state index in [0.717, 1.165) is 23.8 Å². The van der Waals surface area contributed by atoms with Crippen molar-refractivity contribution in [1.29, 1.82) is 0 Å². The van der Waals surface area contributed by atoms with Crippen molar-refractivity contribution in [2.24, 2.45) is 5.92 Å². The maximum atomic E-state index is 5.70. The van der Waals surface area contributed by atoms with E-state index in [0.29, 0.717) is 0 Å². The van der Waals surface area contributed by atoms with Gasteiger partial charge in [-0.25, -0.2) is 0 Å². The molecule has 1 aromatic rings. The lowest BCUT2D eigenvalue weighted by Crippen LogP contribution is -2.10. The van der Waals surface area contributed by atoms with Crippen molar-refractivity contribution in [1.82, 2.24) is 0 Å². The van der Waals surface area contributed by atoms with Crippen LogP contribution in [0.15, 0.2) is 24.3 Å². The summed E-state index contributed by atoms with van der Waals surface area (Å²) in [6.07, 6.45) is 5.58. The number of rotatable bonds is 3. The SMILES string of the molecule is Nc1cccc(NCC2CCCC2)c1. The number of nitrogens with two attached hydrogens (primary N) is 1. The molecule has 14 heavy (non-hydrogen) atoms. The van der Waals surface area contributed by atoms with Crippen LogP contribution in [0.1, 0.15) is 25.7 Å². The fraction of sp³-hybridized carbons (Fsp3) is 0.500. The molecule has 0 spiro atoms. The lowest BCUT2D eigenvalue weighted by atomic mass is 10.1. The Kier molecular flexibility index (Phi) is 2.92. The number of hydrogen-bond donors (Lipinski definition) is 2. The topological polar surface area (TPSA) is 38.0 Å². The fourth-order valence-electron chi connectivity index (χ4n) is 2.13. The number of benzene rings is 1. The summed E-state index contributed by atoms with van der Waals surface area (Å²) in [5.41, 5.74) is 7.69. The highest BCUT2D eigenvalue weighted by Gasteiger charge is 2.13. The summed E-state index contributed by atoms with van der Waals surface area (Å²) in [5, 5.41) is 3.45. The zero-order valence-electron chi connectivity index (χ0n) is 8.50. The van der Waals surface area contributed by atoms with Crippen LogP contribution in [0, 0.1) is 5.92 Å². The third kappa shape index (κ3) is 2.41. The zero-order chi connectivity index (χ0) is 9.80. The van der Waals surface area contributed by atoms with E-state index >= 15 is 0 Å². The average Bonchev–Trinajstić information content (AvgIpc) is 2.67. The number of nitrogen functional groups attached to an aromatic ring is 1. The summed E-state index contributed by atoms with van der Waals surface area (Å²) >= 11 is 0. The first-order valence-electron chi connectivity index (χ1n) is 5.44. The van der Waals surface area contributed by atoms with Crippen LogP contribution in [-0.2, 0) is 0 Å². The molecule has 0 atom stereocenters. The van der Waals surface area contributed by atoms with Crippen LogP contribution in [0.25, 0.3) is 0 Å². The quantitative estimate of drug-likeness (QED) is 0.719. The Morgan fingerprint density at radius 2 is 2.07 bits per heavy atom. The molecule has 1 aromatic carbocycles. The number of nitrogens with one attached hydrogen (secondary N) is 1. The molecule has 2 rings (SSSR count). The van der Waals surface area contributed by atoms with E-state index in [1.165, 1.54) is 25.7 Å². The van der Waals surface area contributed by atoms with E-state index < -0.39 is 0 Å². The average molecular weight is 190 g/mol. The van der Waals surface area contributed by atoms with Crippen LogP contribution in [-0.4, -0.2) is 6.54 Å². The van der Waals surface area contributed by atoms with Gasteiger partial charge in [-0.3, -0.25) is 0 Å². The summed E-state index contributed by atoms with van der Waals surface area (Å²) in [6, 6.07) is 7.98. The van der Waals surface area contributed by atoms with Gasteiger partial charge in [0.15, 0.2) is 0 Å². The second-order valence-electron chi connectivity index (χ2n) is 4.16. The maximum Gasteiger partial charge on any atom is 0.0360 e. The molecule has 2 nitrogen and oxygen atoms in total. The van der Waals surface area contributed by atoms with Gasteiger partial charge in [-0.2, -0.15) is 0 Å². The van der Waals surface area contributed by atoms with Crippen molar-refractivity contribution >= 4 is 11.4 Å². The van der Waals surface area contributed by atoms with E-state index in [9.17, 15) is 0 Å². The van der Waals surface area contributed by atoms with Crippen molar-refractivity contribution in [3.05, 3.63) is 24.3 Å². The van der Waals surface area contributed by atoms with Gasteiger partial charge in [-0.1, -0.05) is 18.9 Å². The second-order valence-corrected chi connectivity index (χ2v) is 4.16. The molecule has 1 aliphatic carbocycles. The standard InChI is InChI=1S/C12H18N2/c13-11-6-3-7-12(8-11)14-9-10-4-1-2-5-10/h3,6-8,10,14H,1-2,4-5,9,13H2. The van der Waals surface area contributed by atoms with Crippen molar-refractivity contribution in [3.8, 4) is 0 Å². The van der Waals surface area contributed by atoms with Crippen molar-refractivity contribution < 1.29 is 0 Å². The molecule has 76 valence electrons. The van der Waals surface area contributed by atoms with Crippen LogP contribution >= 0.6 is 0 Å². The first-order chi connectivity index (χ1) is 6.84. The Balaban J connectivity index is 1.85. The molecule has 2 heteroatoms. The van der Waals surface area contributed by atoms with E-state index in [-0.39, 0.29) is 0 Å². The van der Waals surface area contributed by atoms with Gasteiger partial charge in [0.05, 0.1) is 0 Å². The van der Waals surface area contributed by atoms with Gasteiger partial charge in [0.25, 0.3) is 0 Å². The highest BCUT2D eigenvalue weighted by Crippen LogP contribution is 2.25. The summed E-state index contributed by atoms with van der Waals surface area (Å²) in [4.78, 5) is 0. The molecular weight excluding hydrogens is 172 g/mol. The molecule has 0 unspecified atom stereocenters. The largest absolute Gasteiger partial charge is 0.399 e. The lowest BCUT2D eigenvalue weighted by Gasteiger charge is -2.11. The van der Waals surface area contributed by atoms with Crippen molar-refractivity contribution in [2.75, 3.05) is 17.6 Å². The molecule has 0 amide bonds. The third-order valence-corrected chi connectivity index (χ3v) is 2.96. The molecule has 1 saturated carbocycles. The van der Waals surface area contributed by atoms with Crippen LogP contribution in [0.3, 0.4) is 0 Å². The maximum absolute atomic E-state index is 5.70. The van der Waals surface area contributed by atoms with Gasteiger partial charge in [-0.05, 0) is 37.0 Å². The monoisotopic (exact) mass is 190 g/mol. The minimum atomic E-state index is 0.835. The highest BCUT2D eigenvalue weighted by molar-refractivity contribution is 5.54. The van der Waals surface area contributed by atoms with Crippen LogP contribution in [0.2, 0.25) is 0 Å². The Hall–Kier alpha value is -1.18. The van der Waals surface area contributed by atoms with Crippen molar-refractivity contribution in [3.63, 3.8) is 0 Å². The normalized spacial score (nSPS) is 17.1. The first-order valence-corrected chi connectivity index (χ1v) is 5.44. The second kappa shape index (κ2) is 4.36. The Labute approximate surface area is 85.5 Å². The predicted octanol–water partition coefficient (Wildman–Crippen LogP) is 2.87. The number of anilines is 2. The van der Waals surface area contributed by atoms with Gasteiger partial charge in [0.2, 0.25) is 0 Å². The smallest absolute Gasteiger partial charge is 0.0360 e. The summed E-state index contributed by atoms with van der Waals surface area (Å²) < 4.78 is 0. The van der Waals surface area contributed by atoms with Gasteiger partial charge in [0.1, 0.15) is 0 Å². The molecule has 0 radical (unpaired) electrons. The molecule has 0 aliphatic heterocycles. The molecule has 1 fully saturated rings. The molecule has 0 bridgehead atoms. The van der Waals surface area contributed by atoms with Gasteiger partial charge >= 0.3 is 0 Å². The summed E-state index contributed by atoms with van der Waals surface area (Å²) in [7, 11) is 0. The minimum absolute atomic E-state index is 0.835. The molecule has 1 aliphatic rings. The third-order valence-electron chi connectivity index (χ3n) is 2.96. The summed E-state index contributed by atoms with van der Waals surface area (Å²) in [5.74, 6) is 0.872. The number of hydrogen-bond acceptors (Lipinski definition) is 2. The van der Waals surface area contributed by atoms with Gasteiger partial charge < -0.3 is 11.1 Å². The molecular formula is C12H18N2. The molecule has 0 heterocycles. The van der Waals surface area contributed by atoms with E-state index in [4.69, 9.17) is 5.73 Å². The Bertz CT molecular complexity index is 290. The predicted molar refractivity (Wildman–Crippen MR) is 61.3 cm³/mol. The highest BCUT2D eigenvalue weighted by atomic mass is 14.9. The van der Waals surface area contributed by atoms with Crippen LogP contribution in [0.5, 0.6) is 0 Å². The lowest BCUT2D eigenvalue weighted by molar-refractivity contribution is 0.580. The Morgan fingerprint density at radius 1 is 1.29 bits per heavy atom. The van der Waals surface area contributed by atoms with E-state index in [1.807, 2.05) is 18.2 Å². The molecule has 3 N–H and O–H groups in total. The van der Waals surface area contributed by atoms with Crippen LogP contribution < -0.4 is 11.1 Å². The van der Waals surface area contributed by atoms with Gasteiger partial charge in [0, 0.05) is 17.9 Å². The van der Waals surface area contributed by atoms with E-state index in [1.54, 1.807) is 0 Å². The first kappa shape index (κ1) is 9.38. The zero-order valence-corrected chi connectivity index (χ0v) is 8.50. The molecule has 0 aromatic heterocycles. The van der Waals surface area contributed by atoms with Crippen LogP contribution in [0.4, 0.5) is 11.4 Å². The van der Waals surface area contributed by atoms with E-state index in [2.05, 4.69) is 11.4 Å². The summed E-state index contributed by atoms with van der Waals surface area (Å²) in [6.45, 7) is 1.10. The Morgan fingerprint density at radius 3 is 2.79 bits per heavy atom. The fourth-order valence-corrected chi connectivity index (χ4v) is 2.13.